The number of ether oxygens (including phenoxy) is 3. The van der Waals surface area contributed by atoms with E-state index in [9.17, 15) is 9.59 Å². The summed E-state index contributed by atoms with van der Waals surface area (Å²) in [5, 5.41) is 3.00. The molecule has 0 unspecified atom stereocenters. The van der Waals surface area contributed by atoms with Gasteiger partial charge < -0.3 is 24.4 Å². The van der Waals surface area contributed by atoms with E-state index in [1.807, 2.05) is 36.4 Å². The number of rotatable bonds is 6. The average Bonchev–Trinajstić information content (AvgIpc) is 2.85. The number of benzene rings is 3. The summed E-state index contributed by atoms with van der Waals surface area (Å²) in [7, 11) is 6.41. The van der Waals surface area contributed by atoms with Gasteiger partial charge in [0, 0.05) is 24.4 Å². The van der Waals surface area contributed by atoms with Crippen molar-refractivity contribution in [3.8, 4) is 17.2 Å². The van der Waals surface area contributed by atoms with Gasteiger partial charge in [-0.2, -0.15) is 0 Å². The average molecular weight is 447 g/mol. The van der Waals surface area contributed by atoms with Crippen molar-refractivity contribution in [3.05, 3.63) is 83.4 Å². The number of amides is 2. The molecular weight excluding hydrogens is 420 g/mol. The van der Waals surface area contributed by atoms with Gasteiger partial charge in [0.05, 0.1) is 33.3 Å². The predicted molar refractivity (Wildman–Crippen MR) is 125 cm³/mol. The number of hydrogen-bond donors (Lipinski definition) is 1. The molecule has 0 saturated carbocycles. The zero-order chi connectivity index (χ0) is 23.5. The Hall–Kier alpha value is -4.00. The van der Waals surface area contributed by atoms with Gasteiger partial charge in [-0.15, -0.1) is 0 Å². The van der Waals surface area contributed by atoms with E-state index < -0.39 is 12.0 Å². The van der Waals surface area contributed by atoms with Crippen LogP contribution in [-0.2, 0) is 4.79 Å². The highest BCUT2D eigenvalue weighted by atomic mass is 16.5. The molecule has 1 aliphatic rings. The molecule has 0 aliphatic carbocycles. The number of carbonyl (C=O) groups excluding carboxylic acids is 2. The first kappa shape index (κ1) is 22.2. The van der Waals surface area contributed by atoms with Crippen LogP contribution in [0.15, 0.2) is 66.7 Å². The fraction of sp³-hybridized carbons (Fsp3) is 0.231. The maximum Gasteiger partial charge on any atom is 0.254 e. The molecule has 170 valence electrons. The first-order valence-electron chi connectivity index (χ1n) is 10.5. The Morgan fingerprint density at radius 1 is 0.879 bits per heavy atom. The molecule has 7 nitrogen and oxygen atoms in total. The number of nitrogens with one attached hydrogen (secondary N) is 1. The van der Waals surface area contributed by atoms with E-state index in [-0.39, 0.29) is 11.8 Å². The number of nitrogens with zero attached hydrogens (tertiary/aromatic N) is 1. The van der Waals surface area contributed by atoms with Crippen molar-refractivity contribution in [1.82, 2.24) is 4.90 Å². The Balaban J connectivity index is 1.81. The molecule has 0 saturated heterocycles. The summed E-state index contributed by atoms with van der Waals surface area (Å²) in [6.07, 6.45) is 0. The van der Waals surface area contributed by atoms with Crippen LogP contribution >= 0.6 is 0 Å². The SMILES string of the molecule is COc1cccc(NC(=O)[C@@H]2c3ccccc3C(=O)N(C)[C@H]2c2ccc(OC)c(OC)c2)c1. The molecule has 1 aliphatic heterocycles. The monoisotopic (exact) mass is 446 g/mol. The van der Waals surface area contributed by atoms with Gasteiger partial charge in [-0.25, -0.2) is 0 Å². The summed E-state index contributed by atoms with van der Waals surface area (Å²) in [5.74, 6) is 0.727. The maximum atomic E-state index is 13.7. The van der Waals surface area contributed by atoms with E-state index in [1.165, 1.54) is 0 Å². The normalized spacial score (nSPS) is 17.2. The van der Waals surface area contributed by atoms with Gasteiger partial charge in [0.15, 0.2) is 11.5 Å². The summed E-state index contributed by atoms with van der Waals surface area (Å²) in [6.45, 7) is 0. The summed E-state index contributed by atoms with van der Waals surface area (Å²) in [6, 6.07) is 19.3. The third-order valence-electron chi connectivity index (χ3n) is 5.95. The lowest BCUT2D eigenvalue weighted by atomic mass is 9.79. The molecule has 2 amide bonds. The summed E-state index contributed by atoms with van der Waals surface area (Å²) in [4.78, 5) is 28.5. The Morgan fingerprint density at radius 3 is 2.36 bits per heavy atom. The van der Waals surface area contributed by atoms with Crippen LogP contribution in [0.25, 0.3) is 0 Å². The third kappa shape index (κ3) is 4.09. The van der Waals surface area contributed by atoms with Gasteiger partial charge in [-0.1, -0.05) is 30.3 Å². The molecule has 2 atom stereocenters. The van der Waals surface area contributed by atoms with Crippen molar-refractivity contribution >= 4 is 17.5 Å². The molecule has 1 heterocycles. The van der Waals surface area contributed by atoms with E-state index >= 15 is 0 Å². The Labute approximate surface area is 192 Å². The van der Waals surface area contributed by atoms with Crippen molar-refractivity contribution in [2.24, 2.45) is 0 Å². The Kier molecular flexibility index (Phi) is 6.22. The highest BCUT2D eigenvalue weighted by Crippen LogP contribution is 2.44. The zero-order valence-corrected chi connectivity index (χ0v) is 19.0. The quantitative estimate of drug-likeness (QED) is 0.612. The molecule has 0 radical (unpaired) electrons. The second-order valence-electron chi connectivity index (χ2n) is 7.76. The van der Waals surface area contributed by atoms with Gasteiger partial charge in [0.25, 0.3) is 5.91 Å². The van der Waals surface area contributed by atoms with E-state index in [4.69, 9.17) is 14.2 Å². The minimum Gasteiger partial charge on any atom is -0.497 e. The van der Waals surface area contributed by atoms with Crippen LogP contribution in [0, 0.1) is 0 Å². The molecule has 0 bridgehead atoms. The van der Waals surface area contributed by atoms with E-state index in [0.717, 1.165) is 5.56 Å². The van der Waals surface area contributed by atoms with E-state index in [2.05, 4.69) is 5.32 Å². The van der Waals surface area contributed by atoms with Gasteiger partial charge in [0.2, 0.25) is 5.91 Å². The van der Waals surface area contributed by atoms with Crippen LogP contribution in [0.3, 0.4) is 0 Å². The molecule has 1 N–H and O–H groups in total. The lowest BCUT2D eigenvalue weighted by molar-refractivity contribution is -0.119. The molecule has 3 aromatic rings. The van der Waals surface area contributed by atoms with Crippen molar-refractivity contribution in [3.63, 3.8) is 0 Å². The van der Waals surface area contributed by atoms with Crippen molar-refractivity contribution in [2.75, 3.05) is 33.7 Å². The molecule has 0 spiro atoms. The highest BCUT2D eigenvalue weighted by molar-refractivity contribution is 6.04. The lowest BCUT2D eigenvalue weighted by Crippen LogP contribution is -2.44. The summed E-state index contributed by atoms with van der Waals surface area (Å²) >= 11 is 0. The number of methoxy groups -OCH3 is 3. The number of anilines is 1. The molecule has 0 fully saturated rings. The van der Waals surface area contributed by atoms with Gasteiger partial charge in [-0.05, 0) is 41.5 Å². The maximum absolute atomic E-state index is 13.7. The molecule has 0 aromatic heterocycles. The van der Waals surface area contributed by atoms with Gasteiger partial charge >= 0.3 is 0 Å². The first-order valence-corrected chi connectivity index (χ1v) is 10.5. The molecule has 7 heteroatoms. The van der Waals surface area contributed by atoms with Crippen LogP contribution in [0.4, 0.5) is 5.69 Å². The molecule has 4 rings (SSSR count). The first-order chi connectivity index (χ1) is 16.0. The van der Waals surface area contributed by atoms with E-state index in [0.29, 0.717) is 34.1 Å². The number of hydrogen-bond acceptors (Lipinski definition) is 5. The molecule has 3 aromatic carbocycles. The van der Waals surface area contributed by atoms with Crippen LogP contribution in [0.1, 0.15) is 33.4 Å². The molecular formula is C26H26N2O5. The second-order valence-corrected chi connectivity index (χ2v) is 7.76. The largest absolute Gasteiger partial charge is 0.497 e. The lowest BCUT2D eigenvalue weighted by Gasteiger charge is -2.40. The minimum atomic E-state index is -0.645. The number of likely N-dealkylation sites (N-methyl/N-ethyl adjacent to an activating group) is 1. The Bertz CT molecular complexity index is 1190. The summed E-state index contributed by atoms with van der Waals surface area (Å²) in [5.41, 5.74) is 2.58. The summed E-state index contributed by atoms with van der Waals surface area (Å²) < 4.78 is 16.1. The number of fused-ring (bicyclic) bond motifs is 1. The smallest absolute Gasteiger partial charge is 0.254 e. The Morgan fingerprint density at radius 2 is 1.64 bits per heavy atom. The van der Waals surface area contributed by atoms with Gasteiger partial charge in [-0.3, -0.25) is 9.59 Å². The van der Waals surface area contributed by atoms with Gasteiger partial charge in [0.1, 0.15) is 5.75 Å². The highest BCUT2D eigenvalue weighted by Gasteiger charge is 2.42. The fourth-order valence-electron chi connectivity index (χ4n) is 4.33. The van der Waals surface area contributed by atoms with Crippen molar-refractivity contribution in [1.29, 1.82) is 0 Å². The van der Waals surface area contributed by atoms with Crippen LogP contribution in [-0.4, -0.2) is 45.1 Å². The van der Waals surface area contributed by atoms with Crippen LogP contribution < -0.4 is 19.5 Å². The minimum absolute atomic E-state index is 0.143. The molecule has 33 heavy (non-hydrogen) atoms. The zero-order valence-electron chi connectivity index (χ0n) is 19.0. The van der Waals surface area contributed by atoms with Crippen molar-refractivity contribution < 1.29 is 23.8 Å². The standard InChI is InChI=1S/C26H26N2O5/c1-28-24(16-12-13-21(32-3)22(14-16)33-4)23(19-10-5-6-11-20(19)26(28)30)25(29)27-17-8-7-9-18(15-17)31-2/h5-15,23-24H,1-4H3,(H,27,29)/t23-,24+/m1/s1. The second kappa shape index (κ2) is 9.24. The fourth-order valence-corrected chi connectivity index (χ4v) is 4.33. The number of carbonyl (C=O) groups is 2. The van der Waals surface area contributed by atoms with E-state index in [1.54, 1.807) is 63.6 Å². The third-order valence-corrected chi connectivity index (χ3v) is 5.95. The van der Waals surface area contributed by atoms with Crippen molar-refractivity contribution in [2.45, 2.75) is 12.0 Å². The van der Waals surface area contributed by atoms with Crippen LogP contribution in [0.5, 0.6) is 17.2 Å². The topological polar surface area (TPSA) is 77.1 Å². The van der Waals surface area contributed by atoms with Crippen LogP contribution in [0.2, 0.25) is 0 Å². The predicted octanol–water partition coefficient (Wildman–Crippen LogP) is 4.26.